The van der Waals surface area contributed by atoms with Crippen molar-refractivity contribution in [1.82, 2.24) is 4.98 Å². The first-order chi connectivity index (χ1) is 7.33. The lowest BCUT2D eigenvalue weighted by Crippen LogP contribution is -2.45. The Balaban J connectivity index is 2.84. The highest BCUT2D eigenvalue weighted by Crippen LogP contribution is 2.16. The zero-order chi connectivity index (χ0) is 12.3. The van der Waals surface area contributed by atoms with Gasteiger partial charge in [-0.3, -0.25) is 4.79 Å². The molecule has 0 spiro atoms. The van der Waals surface area contributed by atoms with E-state index in [1.165, 1.54) is 18.3 Å². The Bertz CT molecular complexity index is 413. The van der Waals surface area contributed by atoms with Crippen molar-refractivity contribution in [2.45, 2.75) is 19.4 Å². The van der Waals surface area contributed by atoms with Gasteiger partial charge in [-0.05, 0) is 29.8 Å². The standard InChI is InChI=1S/C9H12N4O3/c1-9(2,8(10)14)12-6-3-4-7(11-5-6)13(15)16/h3-5,12H,1-2H3,(H2,10,14). The number of aromatic nitrogens is 1. The van der Waals surface area contributed by atoms with Crippen LogP contribution in [0.15, 0.2) is 18.3 Å². The first-order valence-electron chi connectivity index (χ1n) is 4.51. The molecule has 0 fully saturated rings. The zero-order valence-electron chi connectivity index (χ0n) is 8.93. The van der Waals surface area contributed by atoms with Crippen LogP contribution < -0.4 is 11.1 Å². The van der Waals surface area contributed by atoms with E-state index in [9.17, 15) is 14.9 Å². The fourth-order valence-corrected chi connectivity index (χ4v) is 0.990. The molecule has 0 aliphatic rings. The summed E-state index contributed by atoms with van der Waals surface area (Å²) < 4.78 is 0. The number of hydrogen-bond acceptors (Lipinski definition) is 5. The van der Waals surface area contributed by atoms with Gasteiger partial charge in [0.15, 0.2) is 6.20 Å². The number of primary amides is 1. The van der Waals surface area contributed by atoms with Crippen LogP contribution in [0.3, 0.4) is 0 Å². The summed E-state index contributed by atoms with van der Waals surface area (Å²) in [5.74, 6) is -0.770. The maximum Gasteiger partial charge on any atom is 0.363 e. The number of nitrogens with two attached hydrogens (primary N) is 1. The molecule has 0 atom stereocenters. The SMILES string of the molecule is CC(C)(Nc1ccc([N+](=O)[O-])nc1)C(N)=O. The van der Waals surface area contributed by atoms with E-state index in [-0.39, 0.29) is 5.82 Å². The van der Waals surface area contributed by atoms with Crippen molar-refractivity contribution in [2.75, 3.05) is 5.32 Å². The van der Waals surface area contributed by atoms with Crippen LogP contribution in [0.25, 0.3) is 0 Å². The van der Waals surface area contributed by atoms with Gasteiger partial charge in [0.1, 0.15) is 5.54 Å². The number of nitrogens with zero attached hydrogens (tertiary/aromatic N) is 2. The molecule has 0 bridgehead atoms. The van der Waals surface area contributed by atoms with Crippen LogP contribution >= 0.6 is 0 Å². The van der Waals surface area contributed by atoms with Gasteiger partial charge in [-0.25, -0.2) is 0 Å². The summed E-state index contributed by atoms with van der Waals surface area (Å²) in [6.07, 6.45) is 1.28. The minimum atomic E-state index is -0.933. The van der Waals surface area contributed by atoms with E-state index >= 15 is 0 Å². The number of nitro groups is 1. The quantitative estimate of drug-likeness (QED) is 0.576. The molecule has 0 radical (unpaired) electrons. The van der Waals surface area contributed by atoms with Gasteiger partial charge >= 0.3 is 5.82 Å². The second kappa shape index (κ2) is 4.13. The van der Waals surface area contributed by atoms with Crippen LogP contribution in [0.2, 0.25) is 0 Å². The smallest absolute Gasteiger partial charge is 0.363 e. The molecule has 7 nitrogen and oxygen atoms in total. The summed E-state index contributed by atoms with van der Waals surface area (Å²) in [6, 6.07) is 2.72. The maximum absolute atomic E-state index is 11.0. The number of carbonyl (C=O) groups is 1. The third-order valence-electron chi connectivity index (χ3n) is 2.01. The first kappa shape index (κ1) is 11.9. The summed E-state index contributed by atoms with van der Waals surface area (Å²) in [7, 11) is 0. The molecule has 0 saturated carbocycles. The Morgan fingerprint density at radius 1 is 1.56 bits per heavy atom. The predicted molar refractivity (Wildman–Crippen MR) is 57.8 cm³/mol. The average molecular weight is 224 g/mol. The minimum Gasteiger partial charge on any atom is -0.369 e. The van der Waals surface area contributed by atoms with Gasteiger partial charge < -0.3 is 21.2 Å². The highest BCUT2D eigenvalue weighted by atomic mass is 16.6. The topological polar surface area (TPSA) is 111 Å². The molecule has 0 aromatic carbocycles. The third-order valence-corrected chi connectivity index (χ3v) is 2.01. The molecule has 0 unspecified atom stereocenters. The van der Waals surface area contributed by atoms with Crippen molar-refractivity contribution in [3.8, 4) is 0 Å². The molecule has 1 aromatic heterocycles. The molecule has 0 saturated heterocycles. The Kier molecular flexibility index (Phi) is 3.07. The molecular formula is C9H12N4O3. The first-order valence-corrected chi connectivity index (χ1v) is 4.51. The number of pyridine rings is 1. The lowest BCUT2D eigenvalue weighted by Gasteiger charge is -2.22. The normalized spacial score (nSPS) is 10.9. The second-order valence-corrected chi connectivity index (χ2v) is 3.78. The van der Waals surface area contributed by atoms with Gasteiger partial charge in [0.05, 0.1) is 5.69 Å². The average Bonchev–Trinajstić information content (AvgIpc) is 2.17. The summed E-state index contributed by atoms with van der Waals surface area (Å²) in [5.41, 5.74) is 4.73. The molecule has 1 rings (SSSR count). The molecule has 1 heterocycles. The predicted octanol–water partition coefficient (Wildman–Crippen LogP) is 0.666. The van der Waals surface area contributed by atoms with E-state index in [2.05, 4.69) is 10.3 Å². The van der Waals surface area contributed by atoms with Crippen molar-refractivity contribution in [3.63, 3.8) is 0 Å². The Morgan fingerprint density at radius 3 is 2.56 bits per heavy atom. The van der Waals surface area contributed by atoms with E-state index < -0.39 is 16.4 Å². The summed E-state index contributed by atoms with van der Waals surface area (Å²) in [5, 5.41) is 13.2. The molecule has 86 valence electrons. The maximum atomic E-state index is 11.0. The van der Waals surface area contributed by atoms with E-state index in [4.69, 9.17) is 5.73 Å². The van der Waals surface area contributed by atoms with E-state index in [1.807, 2.05) is 0 Å². The molecule has 0 aliphatic heterocycles. The molecule has 0 aliphatic carbocycles. The Hall–Kier alpha value is -2.18. The second-order valence-electron chi connectivity index (χ2n) is 3.78. The van der Waals surface area contributed by atoms with Crippen molar-refractivity contribution in [1.29, 1.82) is 0 Å². The van der Waals surface area contributed by atoms with Crippen molar-refractivity contribution in [3.05, 3.63) is 28.4 Å². The molecule has 1 aromatic rings. The number of rotatable bonds is 4. The van der Waals surface area contributed by atoms with Crippen LogP contribution in [0, 0.1) is 10.1 Å². The third kappa shape index (κ3) is 2.66. The van der Waals surface area contributed by atoms with E-state index in [1.54, 1.807) is 13.8 Å². The summed E-state index contributed by atoms with van der Waals surface area (Å²) in [4.78, 5) is 24.4. The van der Waals surface area contributed by atoms with Crippen LogP contribution in [0.1, 0.15) is 13.8 Å². The zero-order valence-corrected chi connectivity index (χ0v) is 8.93. The van der Waals surface area contributed by atoms with Gasteiger partial charge in [-0.15, -0.1) is 0 Å². The van der Waals surface area contributed by atoms with Gasteiger partial charge in [0.25, 0.3) is 0 Å². The van der Waals surface area contributed by atoms with Crippen LogP contribution in [0.4, 0.5) is 11.5 Å². The Labute approximate surface area is 91.8 Å². The van der Waals surface area contributed by atoms with Crippen molar-refractivity contribution >= 4 is 17.4 Å². The van der Waals surface area contributed by atoms with Crippen molar-refractivity contribution < 1.29 is 9.72 Å². The van der Waals surface area contributed by atoms with Gasteiger partial charge in [-0.1, -0.05) is 0 Å². The number of carbonyl (C=O) groups excluding carboxylic acids is 1. The summed E-state index contributed by atoms with van der Waals surface area (Å²) in [6.45, 7) is 3.22. The fourth-order valence-electron chi connectivity index (χ4n) is 0.990. The number of amides is 1. The van der Waals surface area contributed by atoms with Crippen LogP contribution in [-0.4, -0.2) is 21.4 Å². The highest BCUT2D eigenvalue weighted by Gasteiger charge is 2.24. The number of hydrogen-bond donors (Lipinski definition) is 2. The largest absolute Gasteiger partial charge is 0.369 e. The van der Waals surface area contributed by atoms with Crippen LogP contribution in [0.5, 0.6) is 0 Å². The monoisotopic (exact) mass is 224 g/mol. The van der Waals surface area contributed by atoms with E-state index in [0.29, 0.717) is 5.69 Å². The lowest BCUT2D eigenvalue weighted by atomic mass is 10.1. The van der Waals surface area contributed by atoms with Crippen molar-refractivity contribution in [2.24, 2.45) is 5.73 Å². The highest BCUT2D eigenvalue weighted by molar-refractivity contribution is 5.86. The molecule has 1 amide bonds. The van der Waals surface area contributed by atoms with Crippen LogP contribution in [-0.2, 0) is 4.79 Å². The minimum absolute atomic E-state index is 0.248. The summed E-state index contributed by atoms with van der Waals surface area (Å²) >= 11 is 0. The molecule has 16 heavy (non-hydrogen) atoms. The van der Waals surface area contributed by atoms with Gasteiger partial charge in [0.2, 0.25) is 5.91 Å². The molecular weight excluding hydrogens is 212 g/mol. The number of nitrogens with one attached hydrogen (secondary N) is 1. The van der Waals surface area contributed by atoms with Gasteiger partial charge in [0, 0.05) is 6.07 Å². The molecule has 3 N–H and O–H groups in total. The Morgan fingerprint density at radius 2 is 2.19 bits per heavy atom. The number of anilines is 1. The molecule has 7 heteroatoms. The van der Waals surface area contributed by atoms with E-state index in [0.717, 1.165) is 0 Å². The lowest BCUT2D eigenvalue weighted by molar-refractivity contribution is -0.389. The van der Waals surface area contributed by atoms with Gasteiger partial charge in [-0.2, -0.15) is 0 Å². The fraction of sp³-hybridized carbons (Fsp3) is 0.333.